The molecule has 0 radical (unpaired) electrons. The molecule has 0 bridgehead atoms. The van der Waals surface area contributed by atoms with Gasteiger partial charge in [-0.25, -0.2) is 8.42 Å². The molecule has 1 aliphatic heterocycles. The van der Waals surface area contributed by atoms with Gasteiger partial charge in [0.2, 0.25) is 10.0 Å². The number of piperidine rings is 1. The summed E-state index contributed by atoms with van der Waals surface area (Å²) in [4.78, 5) is 0.217. The van der Waals surface area contributed by atoms with Crippen LogP contribution in [0.25, 0.3) is 0 Å². The van der Waals surface area contributed by atoms with Gasteiger partial charge in [-0.2, -0.15) is 9.40 Å². The minimum Gasteiger partial charge on any atom is -0.328 e. The predicted octanol–water partition coefficient (Wildman–Crippen LogP) is -0.0900. The van der Waals surface area contributed by atoms with Crippen molar-refractivity contribution in [3.63, 3.8) is 0 Å². The Bertz CT molecular complexity index is 442. The average Bonchev–Trinajstić information content (AvgIpc) is 2.69. The molecule has 0 aliphatic carbocycles. The number of hydrogen-bond acceptors (Lipinski definition) is 4. The van der Waals surface area contributed by atoms with Gasteiger partial charge in [0.05, 0.1) is 6.20 Å². The number of hydrogen-bond donors (Lipinski definition) is 2. The second-order valence-corrected chi connectivity index (χ2v) is 6.07. The second-order valence-electron chi connectivity index (χ2n) is 4.18. The highest BCUT2D eigenvalue weighted by Gasteiger charge is 2.33. The maximum absolute atomic E-state index is 12.2. The van der Waals surface area contributed by atoms with Gasteiger partial charge in [0.25, 0.3) is 0 Å². The molecule has 1 aromatic rings. The van der Waals surface area contributed by atoms with Crippen LogP contribution in [0.1, 0.15) is 19.8 Å². The lowest BCUT2D eigenvalue weighted by molar-refractivity contribution is 0.247. The summed E-state index contributed by atoms with van der Waals surface area (Å²) in [7, 11) is -3.41. The van der Waals surface area contributed by atoms with Crippen LogP contribution in [-0.4, -0.2) is 41.5 Å². The van der Waals surface area contributed by atoms with Crippen LogP contribution in [-0.2, 0) is 10.0 Å². The van der Waals surface area contributed by atoms with Crippen LogP contribution < -0.4 is 5.73 Å². The van der Waals surface area contributed by atoms with Crippen LogP contribution in [0.2, 0.25) is 0 Å². The first-order valence-electron chi connectivity index (χ1n) is 5.28. The molecule has 0 amide bonds. The number of nitrogens with one attached hydrogen (secondary N) is 1. The standard InChI is InChI=1S/C9H16N4O2S/c1-7-4-8(10)2-3-13(7)16(14,15)9-5-11-12-6-9/h5-8H,2-4,10H2,1H3,(H,11,12). The third-order valence-electron chi connectivity index (χ3n) is 2.94. The maximum atomic E-state index is 12.2. The zero-order valence-electron chi connectivity index (χ0n) is 9.13. The number of aromatic nitrogens is 2. The first-order valence-corrected chi connectivity index (χ1v) is 6.72. The molecule has 90 valence electrons. The van der Waals surface area contributed by atoms with Gasteiger partial charge in [0.15, 0.2) is 0 Å². The Kier molecular flexibility index (Phi) is 3.00. The Balaban J connectivity index is 2.25. The molecule has 1 aromatic heterocycles. The van der Waals surface area contributed by atoms with Crippen molar-refractivity contribution in [1.29, 1.82) is 0 Å². The minimum absolute atomic E-state index is 0.0522. The van der Waals surface area contributed by atoms with Crippen molar-refractivity contribution in [3.05, 3.63) is 12.4 Å². The molecule has 0 aromatic carbocycles. The van der Waals surface area contributed by atoms with E-state index < -0.39 is 10.0 Å². The third kappa shape index (κ3) is 1.98. The van der Waals surface area contributed by atoms with Gasteiger partial charge < -0.3 is 5.73 Å². The zero-order valence-corrected chi connectivity index (χ0v) is 9.94. The normalized spacial score (nSPS) is 28.1. The lowest BCUT2D eigenvalue weighted by Gasteiger charge is -2.34. The van der Waals surface area contributed by atoms with Crippen LogP contribution in [0.3, 0.4) is 0 Å². The van der Waals surface area contributed by atoms with Gasteiger partial charge in [-0.05, 0) is 19.8 Å². The molecular formula is C9H16N4O2S. The van der Waals surface area contributed by atoms with E-state index in [-0.39, 0.29) is 17.0 Å². The molecule has 7 heteroatoms. The van der Waals surface area contributed by atoms with Gasteiger partial charge >= 0.3 is 0 Å². The Morgan fingerprint density at radius 2 is 2.38 bits per heavy atom. The molecule has 3 N–H and O–H groups in total. The summed E-state index contributed by atoms with van der Waals surface area (Å²) < 4.78 is 25.9. The van der Waals surface area contributed by atoms with E-state index in [1.54, 1.807) is 0 Å². The summed E-state index contributed by atoms with van der Waals surface area (Å²) in [6, 6.07) is 0.0504. The largest absolute Gasteiger partial charge is 0.328 e. The summed E-state index contributed by atoms with van der Waals surface area (Å²) in [6.07, 6.45) is 4.14. The van der Waals surface area contributed by atoms with E-state index in [9.17, 15) is 8.42 Å². The number of nitrogens with zero attached hydrogens (tertiary/aromatic N) is 2. The molecule has 1 aliphatic rings. The van der Waals surface area contributed by atoms with Gasteiger partial charge in [0, 0.05) is 24.8 Å². The summed E-state index contributed by atoms with van der Waals surface area (Å²) >= 11 is 0. The van der Waals surface area contributed by atoms with Crippen LogP contribution in [0.15, 0.2) is 17.3 Å². The van der Waals surface area contributed by atoms with E-state index in [4.69, 9.17) is 5.73 Å². The summed E-state index contributed by atoms with van der Waals surface area (Å²) in [5, 5.41) is 6.19. The molecule has 1 fully saturated rings. The molecule has 16 heavy (non-hydrogen) atoms. The Labute approximate surface area is 94.9 Å². The lowest BCUT2D eigenvalue weighted by Crippen LogP contribution is -2.48. The highest BCUT2D eigenvalue weighted by Crippen LogP contribution is 2.23. The molecule has 2 heterocycles. The fraction of sp³-hybridized carbons (Fsp3) is 0.667. The van der Waals surface area contributed by atoms with Crippen molar-refractivity contribution in [2.24, 2.45) is 5.73 Å². The van der Waals surface area contributed by atoms with Crippen LogP contribution >= 0.6 is 0 Å². The maximum Gasteiger partial charge on any atom is 0.246 e. The molecule has 2 rings (SSSR count). The zero-order chi connectivity index (χ0) is 11.8. The van der Waals surface area contributed by atoms with Crippen LogP contribution in [0.4, 0.5) is 0 Å². The smallest absolute Gasteiger partial charge is 0.246 e. The second kappa shape index (κ2) is 4.15. The topological polar surface area (TPSA) is 92.1 Å². The molecule has 2 unspecified atom stereocenters. The number of H-pyrrole nitrogens is 1. The number of sulfonamides is 1. The van der Waals surface area contributed by atoms with Crippen molar-refractivity contribution >= 4 is 10.0 Å². The van der Waals surface area contributed by atoms with E-state index in [0.29, 0.717) is 19.4 Å². The highest BCUT2D eigenvalue weighted by atomic mass is 32.2. The fourth-order valence-corrected chi connectivity index (χ4v) is 3.62. The quantitative estimate of drug-likeness (QED) is 0.760. The van der Waals surface area contributed by atoms with E-state index in [1.165, 1.54) is 16.7 Å². The van der Waals surface area contributed by atoms with Crippen molar-refractivity contribution < 1.29 is 8.42 Å². The van der Waals surface area contributed by atoms with E-state index in [1.807, 2.05) is 6.92 Å². The van der Waals surface area contributed by atoms with Crippen LogP contribution in [0.5, 0.6) is 0 Å². The monoisotopic (exact) mass is 244 g/mol. The average molecular weight is 244 g/mol. The first kappa shape index (κ1) is 11.6. The molecule has 6 nitrogen and oxygen atoms in total. The summed E-state index contributed by atoms with van der Waals surface area (Å²) in [6.45, 7) is 2.37. The third-order valence-corrected chi connectivity index (χ3v) is 4.91. The predicted molar refractivity (Wildman–Crippen MR) is 59.2 cm³/mol. The molecule has 1 saturated heterocycles. The summed E-state index contributed by atoms with van der Waals surface area (Å²) in [5.74, 6) is 0. The van der Waals surface area contributed by atoms with Crippen molar-refractivity contribution in [2.45, 2.75) is 36.7 Å². The molecule has 2 atom stereocenters. The van der Waals surface area contributed by atoms with Crippen LogP contribution in [0, 0.1) is 0 Å². The van der Waals surface area contributed by atoms with Gasteiger partial charge in [-0.3, -0.25) is 5.10 Å². The number of nitrogens with two attached hydrogens (primary N) is 1. The van der Waals surface area contributed by atoms with Crippen molar-refractivity contribution in [1.82, 2.24) is 14.5 Å². The van der Waals surface area contributed by atoms with E-state index in [2.05, 4.69) is 10.2 Å². The Hall–Kier alpha value is -0.920. The fourth-order valence-electron chi connectivity index (χ4n) is 2.06. The van der Waals surface area contributed by atoms with Gasteiger partial charge in [-0.1, -0.05) is 0 Å². The van der Waals surface area contributed by atoms with Gasteiger partial charge in [-0.15, -0.1) is 0 Å². The Morgan fingerprint density at radius 1 is 1.62 bits per heavy atom. The van der Waals surface area contributed by atoms with Crippen molar-refractivity contribution in [3.8, 4) is 0 Å². The molecule has 0 spiro atoms. The number of aromatic amines is 1. The first-order chi connectivity index (χ1) is 7.51. The Morgan fingerprint density at radius 3 is 2.94 bits per heavy atom. The molecule has 0 saturated carbocycles. The minimum atomic E-state index is -3.41. The number of rotatable bonds is 2. The van der Waals surface area contributed by atoms with E-state index in [0.717, 1.165) is 0 Å². The SMILES string of the molecule is CC1CC(N)CCN1S(=O)(=O)c1cn[nH]c1. The highest BCUT2D eigenvalue weighted by molar-refractivity contribution is 7.89. The van der Waals surface area contributed by atoms with E-state index >= 15 is 0 Å². The van der Waals surface area contributed by atoms with Gasteiger partial charge in [0.1, 0.15) is 4.90 Å². The molecular weight excluding hydrogens is 228 g/mol. The lowest BCUT2D eigenvalue weighted by atomic mass is 10.0. The summed E-state index contributed by atoms with van der Waals surface area (Å²) in [5.41, 5.74) is 5.81. The van der Waals surface area contributed by atoms with Crippen molar-refractivity contribution in [2.75, 3.05) is 6.54 Å².